The van der Waals surface area contributed by atoms with E-state index in [2.05, 4.69) is 26.1 Å². The molecule has 6 nitrogen and oxygen atoms in total. The van der Waals surface area contributed by atoms with Gasteiger partial charge in [-0.05, 0) is 54.0 Å². The van der Waals surface area contributed by atoms with Gasteiger partial charge < -0.3 is 20.3 Å². The molecular formula is C20H21BrCl2FN3O3S. The summed E-state index contributed by atoms with van der Waals surface area (Å²) in [4.78, 5) is 0. The van der Waals surface area contributed by atoms with Gasteiger partial charge in [0.1, 0.15) is 22.4 Å². The summed E-state index contributed by atoms with van der Waals surface area (Å²) < 4.78 is 26.3. The van der Waals surface area contributed by atoms with E-state index in [1.54, 1.807) is 0 Å². The van der Waals surface area contributed by atoms with Gasteiger partial charge in [-0.1, -0.05) is 22.9 Å². The summed E-state index contributed by atoms with van der Waals surface area (Å²) >= 11 is 11.1. The molecule has 1 atom stereocenters. The Labute approximate surface area is 203 Å². The summed E-state index contributed by atoms with van der Waals surface area (Å²) in [7, 11) is 0. The van der Waals surface area contributed by atoms with Crippen LogP contribution < -0.4 is 15.2 Å². The summed E-state index contributed by atoms with van der Waals surface area (Å²) in [5.74, 6) is 0.0939. The van der Waals surface area contributed by atoms with Crippen LogP contribution in [0.5, 0.6) is 11.5 Å². The zero-order valence-electron chi connectivity index (χ0n) is 16.6. The first kappa shape index (κ1) is 25.8. The molecule has 2 aromatic carbocycles. The Morgan fingerprint density at radius 2 is 1.90 bits per heavy atom. The number of hydrogen-bond donors (Lipinski definition) is 2. The smallest absolute Gasteiger partial charge is 0.165 e. The fraction of sp³-hybridized carbons (Fsp3) is 0.300. The number of ether oxygens (including phenoxy) is 2. The first-order chi connectivity index (χ1) is 14.3. The van der Waals surface area contributed by atoms with E-state index in [1.165, 1.54) is 23.5 Å². The molecule has 0 aliphatic rings. The zero-order chi connectivity index (χ0) is 21.8. The largest absolute Gasteiger partial charge is 0.490 e. The first-order valence-corrected chi connectivity index (χ1v) is 11.1. The summed E-state index contributed by atoms with van der Waals surface area (Å²) in [6.45, 7) is 3.62. The van der Waals surface area contributed by atoms with E-state index in [-0.39, 0.29) is 42.5 Å². The highest BCUT2D eigenvalue weighted by Crippen LogP contribution is 2.38. The van der Waals surface area contributed by atoms with Gasteiger partial charge in [-0.15, -0.1) is 22.6 Å². The number of nitrogens with two attached hydrogens (primary N) is 1. The molecule has 0 spiro atoms. The maximum absolute atomic E-state index is 14.5. The second-order valence-electron chi connectivity index (χ2n) is 6.74. The lowest BCUT2D eigenvalue weighted by atomic mass is 10.2. The fourth-order valence-corrected chi connectivity index (χ4v) is 4.13. The lowest BCUT2D eigenvalue weighted by Gasteiger charge is -2.12. The highest BCUT2D eigenvalue weighted by atomic mass is 79.9. The van der Waals surface area contributed by atoms with Crippen LogP contribution in [-0.2, 0) is 0 Å². The maximum Gasteiger partial charge on any atom is 0.165 e. The monoisotopic (exact) mass is 551 g/mol. The molecule has 0 fully saturated rings. The van der Waals surface area contributed by atoms with Crippen LogP contribution in [0.3, 0.4) is 0 Å². The van der Waals surface area contributed by atoms with Gasteiger partial charge in [0, 0.05) is 17.2 Å². The first-order valence-electron chi connectivity index (χ1n) is 9.07. The highest BCUT2D eigenvalue weighted by molar-refractivity contribution is 9.10. The summed E-state index contributed by atoms with van der Waals surface area (Å²) in [5.41, 5.74) is 6.83. The second kappa shape index (κ2) is 11.4. The molecular weight excluding hydrogens is 532 g/mol. The Kier molecular flexibility index (Phi) is 9.47. The molecule has 0 radical (unpaired) electrons. The predicted octanol–water partition coefficient (Wildman–Crippen LogP) is 5.33. The van der Waals surface area contributed by atoms with Gasteiger partial charge in [-0.3, -0.25) is 0 Å². The predicted molar refractivity (Wildman–Crippen MR) is 127 cm³/mol. The molecule has 1 heterocycles. The van der Waals surface area contributed by atoms with Crippen LogP contribution >= 0.6 is 51.3 Å². The standard InChI is InChI=1S/C20H20BrClFN3O3S.ClH/c1-10(2)29-17-4-3-11(5-14(17)21)19-25-26-20(30-19)13-6-16(23)18(7-15(13)22)28-9-12(24)8-27;/h3-7,10,12,27H,8-9,24H2,1-2H3;1H/t12-;/m0./s1. The van der Waals surface area contributed by atoms with Gasteiger partial charge in [0.2, 0.25) is 0 Å². The van der Waals surface area contributed by atoms with Crippen LogP contribution in [0.25, 0.3) is 21.1 Å². The summed E-state index contributed by atoms with van der Waals surface area (Å²) in [5, 5.41) is 18.7. The molecule has 168 valence electrons. The molecule has 0 unspecified atom stereocenters. The topological polar surface area (TPSA) is 90.5 Å². The normalized spacial score (nSPS) is 11.9. The molecule has 0 saturated heterocycles. The van der Waals surface area contributed by atoms with Gasteiger partial charge in [0.25, 0.3) is 0 Å². The lowest BCUT2D eigenvalue weighted by Crippen LogP contribution is -2.31. The van der Waals surface area contributed by atoms with Crippen molar-refractivity contribution in [3.63, 3.8) is 0 Å². The van der Waals surface area contributed by atoms with Gasteiger partial charge in [0.15, 0.2) is 11.6 Å². The number of benzene rings is 2. The van der Waals surface area contributed by atoms with Crippen molar-refractivity contribution in [3.05, 3.63) is 45.6 Å². The number of aromatic nitrogens is 2. The van der Waals surface area contributed by atoms with E-state index >= 15 is 0 Å². The number of hydrogen-bond acceptors (Lipinski definition) is 7. The highest BCUT2D eigenvalue weighted by Gasteiger charge is 2.17. The van der Waals surface area contributed by atoms with E-state index in [1.807, 2.05) is 32.0 Å². The fourth-order valence-electron chi connectivity index (χ4n) is 2.48. The van der Waals surface area contributed by atoms with Crippen molar-refractivity contribution in [1.82, 2.24) is 10.2 Å². The Morgan fingerprint density at radius 3 is 2.55 bits per heavy atom. The van der Waals surface area contributed by atoms with Crippen molar-refractivity contribution in [2.24, 2.45) is 5.73 Å². The molecule has 0 aliphatic carbocycles. The Bertz CT molecular complexity index is 1040. The number of halogens is 4. The van der Waals surface area contributed by atoms with Crippen molar-refractivity contribution in [2.75, 3.05) is 13.2 Å². The van der Waals surface area contributed by atoms with Crippen molar-refractivity contribution in [3.8, 4) is 32.6 Å². The summed E-state index contributed by atoms with van der Waals surface area (Å²) in [6.07, 6.45) is 0.0589. The Morgan fingerprint density at radius 1 is 1.19 bits per heavy atom. The van der Waals surface area contributed by atoms with Crippen molar-refractivity contribution in [1.29, 1.82) is 0 Å². The van der Waals surface area contributed by atoms with E-state index in [0.29, 0.717) is 15.6 Å². The third-order valence-electron chi connectivity index (χ3n) is 3.91. The summed E-state index contributed by atoms with van der Waals surface area (Å²) in [6, 6.07) is 7.65. The third kappa shape index (κ3) is 6.50. The van der Waals surface area contributed by atoms with Crippen LogP contribution in [0.2, 0.25) is 5.02 Å². The number of rotatable bonds is 8. The number of nitrogens with zero attached hydrogens (tertiary/aromatic N) is 2. The minimum Gasteiger partial charge on any atom is -0.490 e. The Hall–Kier alpha value is -1.49. The van der Waals surface area contributed by atoms with Crippen molar-refractivity contribution in [2.45, 2.75) is 26.0 Å². The third-order valence-corrected chi connectivity index (χ3v) is 5.84. The SMILES string of the molecule is CC(C)Oc1ccc(-c2nnc(-c3cc(F)c(OC[C@@H](N)CO)cc3Cl)s2)cc1Br.Cl. The van der Waals surface area contributed by atoms with E-state index in [9.17, 15) is 4.39 Å². The van der Waals surface area contributed by atoms with Gasteiger partial charge in [-0.2, -0.15) is 0 Å². The molecule has 0 amide bonds. The van der Waals surface area contributed by atoms with Crippen LogP contribution in [-0.4, -0.2) is 40.7 Å². The minimum absolute atomic E-state index is 0. The van der Waals surface area contributed by atoms with E-state index in [4.69, 9.17) is 31.9 Å². The molecule has 31 heavy (non-hydrogen) atoms. The molecule has 0 bridgehead atoms. The quantitative estimate of drug-likeness (QED) is 0.392. The van der Waals surface area contributed by atoms with Crippen LogP contribution in [0.1, 0.15) is 13.8 Å². The molecule has 11 heteroatoms. The van der Waals surface area contributed by atoms with Crippen LogP contribution in [0, 0.1) is 5.82 Å². The molecule has 3 rings (SSSR count). The minimum atomic E-state index is -0.606. The number of aliphatic hydroxyl groups excluding tert-OH is 1. The molecule has 0 aliphatic heterocycles. The van der Waals surface area contributed by atoms with E-state index < -0.39 is 11.9 Å². The average molecular weight is 553 g/mol. The molecule has 3 N–H and O–H groups in total. The van der Waals surface area contributed by atoms with Gasteiger partial charge in [0.05, 0.1) is 28.2 Å². The van der Waals surface area contributed by atoms with Crippen LogP contribution in [0.4, 0.5) is 4.39 Å². The van der Waals surface area contributed by atoms with E-state index in [0.717, 1.165) is 15.8 Å². The van der Waals surface area contributed by atoms with Crippen molar-refractivity contribution < 1.29 is 19.0 Å². The Balaban J connectivity index is 0.00000341. The number of aliphatic hydroxyl groups is 1. The molecule has 1 aromatic heterocycles. The molecule has 3 aromatic rings. The van der Waals surface area contributed by atoms with Gasteiger partial charge in [-0.25, -0.2) is 4.39 Å². The van der Waals surface area contributed by atoms with Crippen molar-refractivity contribution >= 4 is 51.3 Å². The second-order valence-corrected chi connectivity index (χ2v) is 8.98. The molecule has 0 saturated carbocycles. The maximum atomic E-state index is 14.5. The van der Waals surface area contributed by atoms with Crippen LogP contribution in [0.15, 0.2) is 34.8 Å². The van der Waals surface area contributed by atoms with Gasteiger partial charge >= 0.3 is 0 Å². The average Bonchev–Trinajstić information content (AvgIpc) is 3.19. The zero-order valence-corrected chi connectivity index (χ0v) is 20.6. The lowest BCUT2D eigenvalue weighted by molar-refractivity contribution is 0.202.